The van der Waals surface area contributed by atoms with Gasteiger partial charge in [0.05, 0.1) is 12.7 Å². The van der Waals surface area contributed by atoms with E-state index in [1.807, 2.05) is 25.1 Å². The van der Waals surface area contributed by atoms with Crippen molar-refractivity contribution >= 4 is 0 Å². The van der Waals surface area contributed by atoms with Crippen molar-refractivity contribution in [3.8, 4) is 5.75 Å². The molecule has 1 aliphatic heterocycles. The summed E-state index contributed by atoms with van der Waals surface area (Å²) in [5, 5.41) is 9.79. The number of nitrogens with zero attached hydrogens (tertiary/aromatic N) is 1. The summed E-state index contributed by atoms with van der Waals surface area (Å²) in [6.07, 6.45) is -0.420. The molecule has 0 radical (unpaired) electrons. The van der Waals surface area contributed by atoms with E-state index in [1.165, 1.54) is 0 Å². The topological polar surface area (TPSA) is 41.9 Å². The van der Waals surface area contributed by atoms with Gasteiger partial charge in [-0.25, -0.2) is 0 Å². The number of morpholine rings is 1. The Balaban J connectivity index is 1.98. The molecular weight excluding hydrogens is 254 g/mol. The molecule has 1 aliphatic rings. The van der Waals surface area contributed by atoms with Gasteiger partial charge in [-0.2, -0.15) is 0 Å². The summed E-state index contributed by atoms with van der Waals surface area (Å²) in [5.74, 6) is 0.761. The van der Waals surface area contributed by atoms with E-state index in [0.29, 0.717) is 6.61 Å². The molecule has 1 saturated heterocycles. The number of likely N-dealkylation sites (N-methyl/N-ethyl adjacent to an activating group) is 1. The zero-order valence-electron chi connectivity index (χ0n) is 12.6. The van der Waals surface area contributed by atoms with E-state index in [-0.39, 0.29) is 6.10 Å². The summed E-state index contributed by atoms with van der Waals surface area (Å²) in [6.45, 7) is 10.2. The molecule has 0 bridgehead atoms. The fraction of sp³-hybridized carbons (Fsp3) is 0.625. The molecule has 2 rings (SSSR count). The van der Waals surface area contributed by atoms with E-state index >= 15 is 0 Å². The van der Waals surface area contributed by atoms with Crippen LogP contribution in [0.2, 0.25) is 0 Å². The van der Waals surface area contributed by atoms with Gasteiger partial charge in [-0.15, -0.1) is 0 Å². The van der Waals surface area contributed by atoms with Crippen LogP contribution in [0.3, 0.4) is 0 Å². The quantitative estimate of drug-likeness (QED) is 0.897. The Hall–Kier alpha value is -1.10. The summed E-state index contributed by atoms with van der Waals surface area (Å²) in [6, 6.07) is 5.89. The minimum atomic E-state index is -0.523. The monoisotopic (exact) mass is 279 g/mol. The molecule has 0 aliphatic carbocycles. The van der Waals surface area contributed by atoms with Crippen LogP contribution >= 0.6 is 0 Å². The molecule has 4 heteroatoms. The van der Waals surface area contributed by atoms with Crippen molar-refractivity contribution in [2.24, 2.45) is 0 Å². The highest BCUT2D eigenvalue weighted by atomic mass is 16.5. The van der Waals surface area contributed by atoms with E-state index in [9.17, 15) is 5.11 Å². The Morgan fingerprint density at radius 2 is 2.30 bits per heavy atom. The number of ether oxygens (including phenoxy) is 2. The van der Waals surface area contributed by atoms with Crippen LogP contribution in [0.15, 0.2) is 18.2 Å². The summed E-state index contributed by atoms with van der Waals surface area (Å²) in [4.78, 5) is 2.36. The second-order valence-corrected chi connectivity index (χ2v) is 5.41. The average molecular weight is 279 g/mol. The van der Waals surface area contributed by atoms with Crippen molar-refractivity contribution < 1.29 is 14.6 Å². The molecule has 112 valence electrons. The first-order valence-electron chi connectivity index (χ1n) is 7.35. The first kappa shape index (κ1) is 15.3. The van der Waals surface area contributed by atoms with Gasteiger partial charge >= 0.3 is 0 Å². The average Bonchev–Trinajstić information content (AvgIpc) is 2.45. The highest BCUT2D eigenvalue weighted by Gasteiger charge is 2.20. The predicted octanol–water partition coefficient (Wildman–Crippen LogP) is 2.15. The summed E-state index contributed by atoms with van der Waals surface area (Å²) in [7, 11) is 0. The highest BCUT2D eigenvalue weighted by molar-refractivity contribution is 5.38. The molecule has 2 atom stereocenters. The first-order chi connectivity index (χ1) is 9.60. The maximum absolute atomic E-state index is 9.79. The Morgan fingerprint density at radius 1 is 1.50 bits per heavy atom. The molecule has 1 heterocycles. The van der Waals surface area contributed by atoms with E-state index < -0.39 is 6.10 Å². The number of aliphatic hydroxyl groups excluding tert-OH is 1. The van der Waals surface area contributed by atoms with Crippen LogP contribution in [0, 0.1) is 6.92 Å². The van der Waals surface area contributed by atoms with Crippen molar-refractivity contribution in [1.29, 1.82) is 0 Å². The maximum Gasteiger partial charge on any atom is 0.125 e. The van der Waals surface area contributed by atoms with E-state index in [1.54, 1.807) is 6.92 Å². The van der Waals surface area contributed by atoms with Crippen molar-refractivity contribution in [2.75, 3.05) is 32.8 Å². The number of benzene rings is 1. The van der Waals surface area contributed by atoms with Crippen molar-refractivity contribution in [3.63, 3.8) is 0 Å². The van der Waals surface area contributed by atoms with Crippen molar-refractivity contribution in [1.82, 2.24) is 4.90 Å². The van der Waals surface area contributed by atoms with Gasteiger partial charge in [0, 0.05) is 18.7 Å². The number of aliphatic hydroxyl groups is 1. The van der Waals surface area contributed by atoms with Crippen LogP contribution < -0.4 is 4.74 Å². The van der Waals surface area contributed by atoms with Gasteiger partial charge in [0.2, 0.25) is 0 Å². The molecule has 0 spiro atoms. The van der Waals surface area contributed by atoms with Crippen LogP contribution in [-0.2, 0) is 4.74 Å². The van der Waals surface area contributed by atoms with Gasteiger partial charge in [0.15, 0.2) is 0 Å². The lowest BCUT2D eigenvalue weighted by Crippen LogP contribution is -2.44. The molecule has 1 N–H and O–H groups in total. The third-order valence-electron chi connectivity index (χ3n) is 3.71. The van der Waals surface area contributed by atoms with Gasteiger partial charge in [-0.1, -0.05) is 19.1 Å². The van der Waals surface area contributed by atoms with Crippen LogP contribution in [0.1, 0.15) is 31.1 Å². The smallest absolute Gasteiger partial charge is 0.125 e. The van der Waals surface area contributed by atoms with E-state index in [0.717, 1.165) is 43.1 Å². The molecule has 0 saturated carbocycles. The molecular formula is C16H25NO3. The molecule has 0 aromatic heterocycles. The predicted molar refractivity (Wildman–Crippen MR) is 79.2 cm³/mol. The van der Waals surface area contributed by atoms with Crippen molar-refractivity contribution in [2.45, 2.75) is 33.0 Å². The Bertz CT molecular complexity index is 434. The molecule has 20 heavy (non-hydrogen) atoms. The summed E-state index contributed by atoms with van der Waals surface area (Å²) < 4.78 is 11.6. The molecule has 1 fully saturated rings. The van der Waals surface area contributed by atoms with Crippen LogP contribution in [0.4, 0.5) is 0 Å². The lowest BCUT2D eigenvalue weighted by atomic mass is 10.1. The van der Waals surface area contributed by atoms with Crippen LogP contribution in [0.25, 0.3) is 0 Å². The SMILES string of the molecule is CCN1CCOC(COc2cc(C)ccc2C(C)O)C1. The zero-order valence-corrected chi connectivity index (χ0v) is 12.6. The number of rotatable bonds is 5. The van der Waals surface area contributed by atoms with Gasteiger partial charge in [0.25, 0.3) is 0 Å². The maximum atomic E-state index is 9.79. The Morgan fingerprint density at radius 3 is 3.00 bits per heavy atom. The molecule has 1 aromatic carbocycles. The van der Waals surface area contributed by atoms with E-state index in [2.05, 4.69) is 11.8 Å². The zero-order chi connectivity index (χ0) is 14.5. The lowest BCUT2D eigenvalue weighted by Gasteiger charge is -2.32. The molecule has 0 amide bonds. The minimum absolute atomic E-state index is 0.103. The van der Waals surface area contributed by atoms with Crippen LogP contribution in [0.5, 0.6) is 5.75 Å². The third-order valence-corrected chi connectivity index (χ3v) is 3.71. The number of hydrogen-bond donors (Lipinski definition) is 1. The Labute approximate surface area is 121 Å². The molecule has 4 nitrogen and oxygen atoms in total. The fourth-order valence-corrected chi connectivity index (χ4v) is 2.46. The van der Waals surface area contributed by atoms with Gasteiger partial charge in [-0.05, 0) is 32.0 Å². The number of hydrogen-bond acceptors (Lipinski definition) is 4. The number of aryl methyl sites for hydroxylation is 1. The lowest BCUT2D eigenvalue weighted by molar-refractivity contribution is -0.0467. The second kappa shape index (κ2) is 7.07. The minimum Gasteiger partial charge on any atom is -0.490 e. The standard InChI is InChI=1S/C16H25NO3/c1-4-17-7-8-19-14(10-17)11-20-16-9-12(2)5-6-15(16)13(3)18/h5-6,9,13-14,18H,4,7-8,10-11H2,1-3H3. The van der Waals surface area contributed by atoms with Crippen molar-refractivity contribution in [3.05, 3.63) is 29.3 Å². The third kappa shape index (κ3) is 3.95. The first-order valence-corrected chi connectivity index (χ1v) is 7.35. The molecule has 2 unspecified atom stereocenters. The summed E-state index contributed by atoms with van der Waals surface area (Å²) in [5.41, 5.74) is 1.96. The highest BCUT2D eigenvalue weighted by Crippen LogP contribution is 2.26. The summed E-state index contributed by atoms with van der Waals surface area (Å²) >= 11 is 0. The van der Waals surface area contributed by atoms with E-state index in [4.69, 9.17) is 9.47 Å². The van der Waals surface area contributed by atoms with Gasteiger partial charge in [-0.3, -0.25) is 4.90 Å². The largest absolute Gasteiger partial charge is 0.490 e. The Kier molecular flexibility index (Phi) is 5.40. The fourth-order valence-electron chi connectivity index (χ4n) is 2.46. The normalized spacial score (nSPS) is 21.7. The van der Waals surface area contributed by atoms with Crippen LogP contribution in [-0.4, -0.2) is 49.0 Å². The second-order valence-electron chi connectivity index (χ2n) is 5.41. The van der Waals surface area contributed by atoms with Gasteiger partial charge < -0.3 is 14.6 Å². The van der Waals surface area contributed by atoms with Gasteiger partial charge in [0.1, 0.15) is 18.5 Å². The molecule has 1 aromatic rings.